The Balaban J connectivity index is 1.90. The zero-order valence-corrected chi connectivity index (χ0v) is 14.7. The van der Waals surface area contributed by atoms with Crippen molar-refractivity contribution in [3.05, 3.63) is 35.9 Å². The average molecular weight is 345 g/mol. The van der Waals surface area contributed by atoms with E-state index in [0.29, 0.717) is 19.4 Å². The van der Waals surface area contributed by atoms with Gasteiger partial charge in [0.15, 0.2) is 0 Å². The minimum atomic E-state index is -0.643. The second-order valence-electron chi connectivity index (χ2n) is 6.70. The number of amides is 2. The molecular weight excluding hydrogens is 320 g/mol. The largest absolute Gasteiger partial charge is 0.445 e. The first-order valence-corrected chi connectivity index (χ1v) is 8.66. The van der Waals surface area contributed by atoms with E-state index in [9.17, 15) is 14.4 Å². The summed E-state index contributed by atoms with van der Waals surface area (Å²) < 4.78 is 5.32. The molecule has 1 aromatic rings. The normalized spacial score (nSPS) is 18.0. The van der Waals surface area contributed by atoms with Gasteiger partial charge in [0.2, 0.25) is 12.2 Å². The summed E-state index contributed by atoms with van der Waals surface area (Å²) in [6, 6.07) is 8.15. The van der Waals surface area contributed by atoms with Crippen LogP contribution in [0.15, 0.2) is 30.3 Å². The van der Waals surface area contributed by atoms with Crippen molar-refractivity contribution in [2.45, 2.75) is 51.8 Å². The summed E-state index contributed by atoms with van der Waals surface area (Å²) in [5.41, 5.74) is 0.892. The molecule has 0 aromatic heterocycles. The minimum Gasteiger partial charge on any atom is -0.445 e. The lowest BCUT2D eigenvalue weighted by Crippen LogP contribution is -2.49. The summed E-state index contributed by atoms with van der Waals surface area (Å²) in [5.74, 6) is -0.0505. The van der Waals surface area contributed by atoms with E-state index in [1.54, 1.807) is 0 Å². The Morgan fingerprint density at radius 2 is 2.04 bits per heavy atom. The second-order valence-corrected chi connectivity index (χ2v) is 6.70. The Morgan fingerprint density at radius 1 is 1.32 bits per heavy atom. The van der Waals surface area contributed by atoms with Crippen LogP contribution in [0.25, 0.3) is 0 Å². The number of hydrogen-bond donors (Lipinski definition) is 1. The van der Waals surface area contributed by atoms with Gasteiger partial charge in [-0.1, -0.05) is 44.2 Å². The van der Waals surface area contributed by atoms with Crippen LogP contribution in [0.2, 0.25) is 0 Å². The molecule has 1 N–H and O–H groups in total. The second kappa shape index (κ2) is 9.20. The number of benzene rings is 1. The highest BCUT2D eigenvalue weighted by molar-refractivity contribution is 5.88. The van der Waals surface area contributed by atoms with Crippen molar-refractivity contribution in [3.8, 4) is 0 Å². The Hall–Kier alpha value is -2.37. The predicted octanol–water partition coefficient (Wildman–Crippen LogP) is 2.43. The molecule has 1 aliphatic rings. The van der Waals surface area contributed by atoms with E-state index in [1.165, 1.54) is 4.90 Å². The van der Waals surface area contributed by atoms with Crippen molar-refractivity contribution < 1.29 is 19.1 Å². The lowest BCUT2D eigenvalue weighted by atomic mass is 10.0. The molecule has 0 aliphatic carbocycles. The monoisotopic (exact) mass is 345 g/mol. The molecule has 2 rings (SSSR count). The number of carbonyl (C=O) groups excluding carboxylic acids is 3. The maximum Gasteiger partial charge on any atom is 0.410 e. The third kappa shape index (κ3) is 5.59. The van der Waals surface area contributed by atoms with Gasteiger partial charge in [-0.15, -0.1) is 0 Å². The van der Waals surface area contributed by atoms with E-state index in [-0.39, 0.29) is 18.4 Å². The highest BCUT2D eigenvalue weighted by atomic mass is 16.6. The van der Waals surface area contributed by atoms with Crippen molar-refractivity contribution in [1.29, 1.82) is 0 Å². The molecule has 0 bridgehead atoms. The van der Waals surface area contributed by atoms with Gasteiger partial charge in [-0.2, -0.15) is 0 Å². The van der Waals surface area contributed by atoms with Gasteiger partial charge in [0.25, 0.3) is 0 Å². The molecule has 135 valence electrons. The lowest BCUT2D eigenvalue weighted by molar-refractivity contribution is -0.125. The third-order valence-electron chi connectivity index (χ3n) is 4.16. The molecular formula is C19H25N2O4. The number of carbonyl (C=O) groups is 2. The fraction of sp³-hybridized carbons (Fsp3) is 0.526. The van der Waals surface area contributed by atoms with Crippen molar-refractivity contribution in [1.82, 2.24) is 10.2 Å². The van der Waals surface area contributed by atoms with Crippen molar-refractivity contribution in [3.63, 3.8) is 0 Å². The van der Waals surface area contributed by atoms with Gasteiger partial charge >= 0.3 is 6.09 Å². The maximum absolute atomic E-state index is 12.4. The topological polar surface area (TPSA) is 75.7 Å². The van der Waals surface area contributed by atoms with E-state index < -0.39 is 18.2 Å². The van der Waals surface area contributed by atoms with Gasteiger partial charge in [0.1, 0.15) is 12.6 Å². The van der Waals surface area contributed by atoms with Crippen LogP contribution in [0.4, 0.5) is 4.79 Å². The molecule has 6 heteroatoms. The first kappa shape index (κ1) is 19.0. The Labute approximate surface area is 148 Å². The number of hydrogen-bond acceptors (Lipinski definition) is 4. The lowest BCUT2D eigenvalue weighted by Gasteiger charge is -2.25. The number of nitrogens with one attached hydrogen (secondary N) is 1. The van der Waals surface area contributed by atoms with Crippen LogP contribution in [-0.4, -0.2) is 41.8 Å². The van der Waals surface area contributed by atoms with Gasteiger partial charge < -0.3 is 10.1 Å². The van der Waals surface area contributed by atoms with E-state index in [1.807, 2.05) is 50.5 Å². The summed E-state index contributed by atoms with van der Waals surface area (Å²) in [6.07, 6.45) is 3.19. The summed E-state index contributed by atoms with van der Waals surface area (Å²) in [4.78, 5) is 37.2. The van der Waals surface area contributed by atoms with E-state index in [4.69, 9.17) is 4.74 Å². The molecule has 6 nitrogen and oxygen atoms in total. The Kier molecular flexibility index (Phi) is 6.98. The molecule has 25 heavy (non-hydrogen) atoms. The Bertz CT molecular complexity index is 588. The number of nitrogens with zero attached hydrogens (tertiary/aromatic N) is 1. The van der Waals surface area contributed by atoms with Crippen LogP contribution in [0, 0.1) is 5.92 Å². The van der Waals surface area contributed by atoms with Crippen molar-refractivity contribution in [2.75, 3.05) is 6.54 Å². The van der Waals surface area contributed by atoms with Gasteiger partial charge in [0, 0.05) is 6.54 Å². The highest BCUT2D eigenvalue weighted by Gasteiger charge is 2.36. The SMILES string of the molecule is CC(C)C[C@H]([C]=O)NC(=O)C1CCCN1C(=O)OCc1ccccc1. The molecule has 1 radical (unpaired) electrons. The maximum atomic E-state index is 12.4. The summed E-state index contributed by atoms with van der Waals surface area (Å²) in [5, 5.41) is 2.69. The van der Waals surface area contributed by atoms with Crippen LogP contribution in [0.3, 0.4) is 0 Å². The summed E-state index contributed by atoms with van der Waals surface area (Å²) in [6.45, 7) is 4.59. The van der Waals surface area contributed by atoms with Crippen LogP contribution < -0.4 is 5.32 Å². The molecule has 0 spiro atoms. The summed E-state index contributed by atoms with van der Waals surface area (Å²) >= 11 is 0. The third-order valence-corrected chi connectivity index (χ3v) is 4.16. The molecule has 1 heterocycles. The molecule has 2 atom stereocenters. The molecule has 1 saturated heterocycles. The molecule has 1 aromatic carbocycles. The first-order chi connectivity index (χ1) is 12.0. The van der Waals surface area contributed by atoms with Gasteiger partial charge in [-0.3, -0.25) is 14.5 Å². The number of likely N-dealkylation sites (tertiary alicyclic amines) is 1. The van der Waals surface area contributed by atoms with Crippen molar-refractivity contribution in [2.24, 2.45) is 5.92 Å². The fourth-order valence-electron chi connectivity index (χ4n) is 2.94. The fourth-order valence-corrected chi connectivity index (χ4v) is 2.94. The standard InChI is InChI=1S/C19H25N2O4/c1-14(2)11-16(12-22)20-18(23)17-9-6-10-21(17)19(24)25-13-15-7-4-3-5-8-15/h3-5,7-8,14,16-17H,6,9-11,13H2,1-2H3,(H,20,23)/t16-,17?/m1/s1. The predicted molar refractivity (Wildman–Crippen MR) is 93.4 cm³/mol. The van der Waals surface area contributed by atoms with Crippen LogP contribution in [-0.2, 0) is 20.9 Å². The van der Waals surface area contributed by atoms with E-state index >= 15 is 0 Å². The average Bonchev–Trinajstić information content (AvgIpc) is 3.09. The van der Waals surface area contributed by atoms with Crippen LogP contribution in [0.5, 0.6) is 0 Å². The molecule has 0 saturated carbocycles. The van der Waals surface area contributed by atoms with Crippen LogP contribution >= 0.6 is 0 Å². The zero-order chi connectivity index (χ0) is 18.2. The Morgan fingerprint density at radius 3 is 2.68 bits per heavy atom. The van der Waals surface area contributed by atoms with Crippen molar-refractivity contribution >= 4 is 18.3 Å². The molecule has 1 aliphatic heterocycles. The van der Waals surface area contributed by atoms with Gasteiger partial charge in [-0.05, 0) is 30.7 Å². The number of rotatable bonds is 7. The van der Waals surface area contributed by atoms with E-state index in [2.05, 4.69) is 5.32 Å². The van der Waals surface area contributed by atoms with Gasteiger partial charge in [0.05, 0.1) is 6.04 Å². The first-order valence-electron chi connectivity index (χ1n) is 8.66. The van der Waals surface area contributed by atoms with Crippen LogP contribution in [0.1, 0.15) is 38.7 Å². The zero-order valence-electron chi connectivity index (χ0n) is 14.7. The minimum absolute atomic E-state index is 0.169. The smallest absolute Gasteiger partial charge is 0.410 e. The quantitative estimate of drug-likeness (QED) is 0.823. The molecule has 1 unspecified atom stereocenters. The van der Waals surface area contributed by atoms with Gasteiger partial charge in [-0.25, -0.2) is 4.79 Å². The number of ether oxygens (including phenoxy) is 1. The highest BCUT2D eigenvalue weighted by Crippen LogP contribution is 2.19. The molecule has 1 fully saturated rings. The van der Waals surface area contributed by atoms with E-state index in [0.717, 1.165) is 12.0 Å². The summed E-state index contributed by atoms with van der Waals surface area (Å²) in [7, 11) is 0. The molecule has 2 amide bonds.